The topological polar surface area (TPSA) is 24.7 Å². The van der Waals surface area contributed by atoms with Crippen molar-refractivity contribution in [3.8, 4) is 11.1 Å². The van der Waals surface area contributed by atoms with Crippen LogP contribution < -0.4 is 4.90 Å². The number of nitrogens with zero attached hydrogens (tertiary/aromatic N) is 2. The van der Waals surface area contributed by atoms with E-state index in [-0.39, 0.29) is 16.8 Å². The van der Waals surface area contributed by atoms with Crippen LogP contribution in [0.25, 0.3) is 16.6 Å². The molecule has 2 heterocycles. The summed E-state index contributed by atoms with van der Waals surface area (Å²) in [5.74, 6) is -0.611. The van der Waals surface area contributed by atoms with Crippen molar-refractivity contribution < 1.29 is 31.1 Å². The third kappa shape index (κ3) is 4.37. The second-order valence-corrected chi connectivity index (χ2v) is 7.96. The monoisotopic (exact) mass is 476 g/mol. The highest BCUT2D eigenvalue weighted by atomic mass is 19.4. The first-order chi connectivity index (χ1) is 15.9. The van der Waals surface area contributed by atoms with E-state index < -0.39 is 29.3 Å². The third-order valence-corrected chi connectivity index (χ3v) is 5.50. The highest BCUT2D eigenvalue weighted by Crippen LogP contribution is 2.36. The lowest BCUT2D eigenvalue weighted by atomic mass is 10.0. The van der Waals surface area contributed by atoms with E-state index in [9.17, 15) is 31.1 Å². The smallest absolute Gasteiger partial charge is 0.378 e. The van der Waals surface area contributed by atoms with Gasteiger partial charge in [0.05, 0.1) is 22.3 Å². The molecule has 0 spiro atoms. The average molecular weight is 476 g/mol. The third-order valence-electron chi connectivity index (χ3n) is 5.50. The van der Waals surface area contributed by atoms with Gasteiger partial charge in [-0.3, -0.25) is 4.79 Å². The number of ketones is 1. The standard InChI is InChI=1S/C25H18F6N2O/c1-32(2)19-9-5-15(6-10-19)20-14-22(33-12-11-18(13-21(20)33)25(29,30)31)23(34)16-3-7-17(8-4-16)24(26,27)28/h3-14H,1-2H3. The molecule has 176 valence electrons. The fourth-order valence-corrected chi connectivity index (χ4v) is 3.68. The molecule has 0 fully saturated rings. The summed E-state index contributed by atoms with van der Waals surface area (Å²) in [4.78, 5) is 15.0. The van der Waals surface area contributed by atoms with Crippen LogP contribution in [0.4, 0.5) is 32.0 Å². The number of anilines is 1. The van der Waals surface area contributed by atoms with E-state index in [0.29, 0.717) is 11.1 Å². The first kappa shape index (κ1) is 23.4. The van der Waals surface area contributed by atoms with Crippen molar-refractivity contribution in [3.05, 3.63) is 95.3 Å². The predicted molar refractivity (Wildman–Crippen MR) is 117 cm³/mol. The van der Waals surface area contributed by atoms with Gasteiger partial charge in [0.25, 0.3) is 0 Å². The van der Waals surface area contributed by atoms with E-state index in [4.69, 9.17) is 0 Å². The van der Waals surface area contributed by atoms with E-state index >= 15 is 0 Å². The number of halogens is 6. The highest BCUT2D eigenvalue weighted by Gasteiger charge is 2.32. The molecule has 0 atom stereocenters. The summed E-state index contributed by atoms with van der Waals surface area (Å²) in [7, 11) is 3.69. The van der Waals surface area contributed by atoms with Crippen molar-refractivity contribution >= 4 is 17.0 Å². The second-order valence-electron chi connectivity index (χ2n) is 7.96. The van der Waals surface area contributed by atoms with Gasteiger partial charge in [0.15, 0.2) is 0 Å². The Morgan fingerprint density at radius 3 is 1.88 bits per heavy atom. The Hall–Kier alpha value is -3.75. The molecule has 0 aliphatic heterocycles. The first-order valence-corrected chi connectivity index (χ1v) is 10.1. The number of hydrogen-bond donors (Lipinski definition) is 0. The van der Waals surface area contributed by atoms with Crippen molar-refractivity contribution in [1.29, 1.82) is 0 Å². The maximum atomic E-state index is 13.4. The Bertz CT molecular complexity index is 1350. The summed E-state index contributed by atoms with van der Waals surface area (Å²) in [6, 6.07) is 14.0. The van der Waals surface area contributed by atoms with Crippen LogP contribution in [0.5, 0.6) is 0 Å². The molecule has 0 aliphatic carbocycles. The van der Waals surface area contributed by atoms with Gasteiger partial charge in [-0.15, -0.1) is 0 Å². The molecule has 0 bridgehead atoms. The van der Waals surface area contributed by atoms with E-state index in [1.807, 2.05) is 19.0 Å². The quantitative estimate of drug-likeness (QED) is 0.235. The number of alkyl halides is 6. The number of carbonyl (C=O) groups excluding carboxylic acids is 1. The zero-order valence-electron chi connectivity index (χ0n) is 18.0. The normalized spacial score (nSPS) is 12.2. The van der Waals surface area contributed by atoms with Crippen LogP contribution >= 0.6 is 0 Å². The maximum Gasteiger partial charge on any atom is 0.416 e. The number of benzene rings is 2. The van der Waals surface area contributed by atoms with Crippen LogP contribution in [-0.2, 0) is 12.4 Å². The molecule has 9 heteroatoms. The summed E-state index contributed by atoms with van der Waals surface area (Å²) in [5.41, 5.74) is 0.267. The van der Waals surface area contributed by atoms with Crippen molar-refractivity contribution in [2.45, 2.75) is 12.4 Å². The molecule has 0 saturated heterocycles. The van der Waals surface area contributed by atoms with Gasteiger partial charge < -0.3 is 9.30 Å². The molecule has 0 aliphatic rings. The second kappa shape index (κ2) is 8.23. The number of aromatic nitrogens is 1. The summed E-state index contributed by atoms with van der Waals surface area (Å²) < 4.78 is 80.1. The minimum absolute atomic E-state index is 0.0122. The number of fused-ring (bicyclic) bond motifs is 1. The van der Waals surface area contributed by atoms with Gasteiger partial charge in [-0.1, -0.05) is 24.3 Å². The van der Waals surface area contributed by atoms with Gasteiger partial charge in [-0.2, -0.15) is 26.3 Å². The minimum Gasteiger partial charge on any atom is -0.378 e. The molecule has 2 aromatic heterocycles. The fourth-order valence-electron chi connectivity index (χ4n) is 3.68. The number of rotatable bonds is 4. The zero-order valence-corrected chi connectivity index (χ0v) is 18.0. The molecule has 0 radical (unpaired) electrons. The summed E-state index contributed by atoms with van der Waals surface area (Å²) in [6.45, 7) is 0. The average Bonchev–Trinajstić information content (AvgIpc) is 3.16. The fraction of sp³-hybridized carbons (Fsp3) is 0.160. The van der Waals surface area contributed by atoms with Gasteiger partial charge in [0.1, 0.15) is 0 Å². The van der Waals surface area contributed by atoms with Crippen LogP contribution in [0.1, 0.15) is 27.2 Å². The molecule has 34 heavy (non-hydrogen) atoms. The molecule has 0 unspecified atom stereocenters. The van der Waals surface area contributed by atoms with Gasteiger partial charge in [0.2, 0.25) is 5.78 Å². The van der Waals surface area contributed by atoms with E-state index in [1.165, 1.54) is 10.5 Å². The van der Waals surface area contributed by atoms with Crippen molar-refractivity contribution in [3.63, 3.8) is 0 Å². The molecule has 0 saturated carbocycles. The number of hydrogen-bond acceptors (Lipinski definition) is 2. The van der Waals surface area contributed by atoms with Crippen molar-refractivity contribution in [2.24, 2.45) is 0 Å². The molecule has 4 rings (SSSR count). The lowest BCUT2D eigenvalue weighted by Crippen LogP contribution is -2.09. The Labute approximate surface area is 190 Å². The SMILES string of the molecule is CN(C)c1ccc(-c2cc(C(=O)c3ccc(C(F)(F)F)cc3)n3ccc(C(F)(F)F)cc23)cc1. The Balaban J connectivity index is 1.86. The van der Waals surface area contributed by atoms with Crippen molar-refractivity contribution in [1.82, 2.24) is 4.40 Å². The summed E-state index contributed by atoms with van der Waals surface area (Å²) in [6.07, 6.45) is -7.99. The maximum absolute atomic E-state index is 13.4. The van der Waals surface area contributed by atoms with Crippen LogP contribution in [0.15, 0.2) is 72.9 Å². The van der Waals surface area contributed by atoms with Gasteiger partial charge in [-0.05, 0) is 48.0 Å². The minimum atomic E-state index is -4.59. The molecule has 0 N–H and O–H groups in total. The summed E-state index contributed by atoms with van der Waals surface area (Å²) in [5, 5.41) is 0. The largest absolute Gasteiger partial charge is 0.416 e. The summed E-state index contributed by atoms with van der Waals surface area (Å²) >= 11 is 0. The van der Waals surface area contributed by atoms with Gasteiger partial charge in [-0.25, -0.2) is 0 Å². The number of pyridine rings is 1. The highest BCUT2D eigenvalue weighted by molar-refractivity contribution is 6.10. The first-order valence-electron chi connectivity index (χ1n) is 10.1. The number of carbonyl (C=O) groups is 1. The Morgan fingerprint density at radius 1 is 0.765 bits per heavy atom. The van der Waals surface area contributed by atoms with Gasteiger partial charge >= 0.3 is 12.4 Å². The van der Waals surface area contributed by atoms with Crippen LogP contribution in [0.3, 0.4) is 0 Å². The van der Waals surface area contributed by atoms with Crippen LogP contribution in [0.2, 0.25) is 0 Å². The molecule has 0 amide bonds. The van der Waals surface area contributed by atoms with Crippen LogP contribution in [0, 0.1) is 0 Å². The molecular weight excluding hydrogens is 458 g/mol. The van der Waals surface area contributed by atoms with Crippen LogP contribution in [-0.4, -0.2) is 24.3 Å². The van der Waals surface area contributed by atoms with E-state index in [1.54, 1.807) is 24.3 Å². The molecular formula is C25H18F6N2O. The Kier molecular flexibility index (Phi) is 5.67. The molecule has 3 nitrogen and oxygen atoms in total. The van der Waals surface area contributed by atoms with E-state index in [2.05, 4.69) is 0 Å². The Morgan fingerprint density at radius 2 is 1.35 bits per heavy atom. The predicted octanol–water partition coefficient (Wildman–Crippen LogP) is 6.94. The zero-order chi connectivity index (χ0) is 24.8. The van der Waals surface area contributed by atoms with E-state index in [0.717, 1.165) is 48.3 Å². The lowest BCUT2D eigenvalue weighted by molar-refractivity contribution is -0.138. The lowest BCUT2D eigenvalue weighted by Gasteiger charge is -2.13. The molecule has 2 aromatic carbocycles. The molecule has 4 aromatic rings. The van der Waals surface area contributed by atoms with Gasteiger partial charge in [0, 0.05) is 37.1 Å². The van der Waals surface area contributed by atoms with Crippen molar-refractivity contribution in [2.75, 3.05) is 19.0 Å².